The van der Waals surface area contributed by atoms with E-state index < -0.39 is 5.91 Å². The third-order valence-corrected chi connectivity index (χ3v) is 4.66. The van der Waals surface area contributed by atoms with Crippen molar-refractivity contribution >= 4 is 18.0 Å². The molecule has 0 heterocycles. The van der Waals surface area contributed by atoms with Gasteiger partial charge in [-0.3, -0.25) is 9.59 Å². The van der Waals surface area contributed by atoms with Gasteiger partial charge >= 0.3 is 0 Å². The number of amides is 2. The number of nitrogens with zero attached hydrogens (tertiary/aromatic N) is 1. The van der Waals surface area contributed by atoms with Crippen molar-refractivity contribution in [1.82, 2.24) is 10.7 Å². The van der Waals surface area contributed by atoms with Crippen LogP contribution in [0.2, 0.25) is 0 Å². The number of carbonyl (C=O) groups excluding carboxylic acids is 2. The Hall–Kier alpha value is -4.33. The Balaban J connectivity index is 1.47. The number of methoxy groups -OCH3 is 1. The number of benzene rings is 3. The molecule has 0 radical (unpaired) electrons. The molecule has 0 aliphatic rings. The quantitative estimate of drug-likeness (QED) is 0.336. The summed E-state index contributed by atoms with van der Waals surface area (Å²) in [6.07, 6.45) is 1.48. The number of rotatable bonds is 11. The van der Waals surface area contributed by atoms with Gasteiger partial charge in [-0.25, -0.2) is 5.43 Å². The second kappa shape index (κ2) is 12.6. The van der Waals surface area contributed by atoms with Crippen LogP contribution in [0.1, 0.15) is 28.4 Å². The number of hydrogen-bond donors (Lipinski definition) is 2. The van der Waals surface area contributed by atoms with Crippen molar-refractivity contribution in [1.29, 1.82) is 0 Å². The molecular weight excluding hydrogens is 434 g/mol. The zero-order valence-electron chi connectivity index (χ0n) is 19.1. The molecule has 3 aromatic carbocycles. The fourth-order valence-corrected chi connectivity index (χ4v) is 2.97. The molecule has 0 saturated heterocycles. The summed E-state index contributed by atoms with van der Waals surface area (Å²) in [5.41, 5.74) is 4.58. The summed E-state index contributed by atoms with van der Waals surface area (Å²) in [5.74, 6) is 1.01. The summed E-state index contributed by atoms with van der Waals surface area (Å²) in [6.45, 7) is 2.64. The molecular formula is C26H27N3O5. The van der Waals surface area contributed by atoms with Crippen LogP contribution in [0, 0.1) is 0 Å². The van der Waals surface area contributed by atoms with E-state index in [-0.39, 0.29) is 12.5 Å². The van der Waals surface area contributed by atoms with Gasteiger partial charge in [0.1, 0.15) is 12.4 Å². The van der Waals surface area contributed by atoms with E-state index in [1.807, 2.05) is 37.3 Å². The summed E-state index contributed by atoms with van der Waals surface area (Å²) in [4.78, 5) is 24.2. The van der Waals surface area contributed by atoms with Crippen LogP contribution in [0.4, 0.5) is 0 Å². The number of hydrazone groups is 1. The van der Waals surface area contributed by atoms with Crippen molar-refractivity contribution in [3.63, 3.8) is 0 Å². The van der Waals surface area contributed by atoms with E-state index in [1.54, 1.807) is 49.6 Å². The highest BCUT2D eigenvalue weighted by atomic mass is 16.5. The maximum atomic E-state index is 12.2. The summed E-state index contributed by atoms with van der Waals surface area (Å²) in [5, 5.41) is 6.48. The minimum absolute atomic E-state index is 0.209. The Bertz CT molecular complexity index is 1120. The zero-order valence-corrected chi connectivity index (χ0v) is 19.1. The molecule has 2 amide bonds. The van der Waals surface area contributed by atoms with Gasteiger partial charge in [-0.05, 0) is 60.5 Å². The normalized spacial score (nSPS) is 10.5. The van der Waals surface area contributed by atoms with Gasteiger partial charge < -0.3 is 19.5 Å². The SMILES string of the molecule is CCOc1ccc(C(=O)NCC(=O)N/N=C\c2ccc(OCc3ccccc3)c(OC)c2)cc1. The van der Waals surface area contributed by atoms with Crippen LogP contribution < -0.4 is 25.0 Å². The van der Waals surface area contributed by atoms with E-state index >= 15 is 0 Å². The fraction of sp³-hybridized carbons (Fsp3) is 0.192. The molecule has 0 saturated carbocycles. The Morgan fingerprint density at radius 3 is 2.41 bits per heavy atom. The second-order valence-corrected chi connectivity index (χ2v) is 7.12. The van der Waals surface area contributed by atoms with Gasteiger partial charge in [0, 0.05) is 5.56 Å². The van der Waals surface area contributed by atoms with E-state index in [9.17, 15) is 9.59 Å². The predicted molar refractivity (Wildman–Crippen MR) is 129 cm³/mol. The third kappa shape index (κ3) is 7.37. The lowest BCUT2D eigenvalue weighted by molar-refractivity contribution is -0.120. The van der Waals surface area contributed by atoms with Crippen molar-refractivity contribution in [3.05, 3.63) is 89.5 Å². The molecule has 0 unspecified atom stereocenters. The largest absolute Gasteiger partial charge is 0.494 e. The Labute approximate surface area is 198 Å². The highest BCUT2D eigenvalue weighted by molar-refractivity contribution is 5.96. The highest BCUT2D eigenvalue weighted by Gasteiger charge is 2.08. The summed E-state index contributed by atoms with van der Waals surface area (Å²) < 4.78 is 16.6. The smallest absolute Gasteiger partial charge is 0.259 e. The average molecular weight is 462 g/mol. The number of nitrogens with one attached hydrogen (secondary N) is 2. The third-order valence-electron chi connectivity index (χ3n) is 4.66. The zero-order chi connectivity index (χ0) is 24.2. The van der Waals surface area contributed by atoms with Crippen molar-refractivity contribution in [2.75, 3.05) is 20.3 Å². The van der Waals surface area contributed by atoms with E-state index in [1.165, 1.54) is 6.21 Å². The lowest BCUT2D eigenvalue weighted by atomic mass is 10.2. The molecule has 0 fully saturated rings. The first kappa shape index (κ1) is 24.3. The van der Waals surface area contributed by atoms with Crippen LogP contribution in [0.5, 0.6) is 17.2 Å². The lowest BCUT2D eigenvalue weighted by Gasteiger charge is -2.11. The molecule has 8 nitrogen and oxygen atoms in total. The maximum absolute atomic E-state index is 12.2. The van der Waals surface area contributed by atoms with Crippen molar-refractivity contribution < 1.29 is 23.8 Å². The fourth-order valence-electron chi connectivity index (χ4n) is 2.97. The molecule has 0 aliphatic heterocycles. The van der Waals surface area contributed by atoms with Crippen molar-refractivity contribution in [3.8, 4) is 17.2 Å². The Kier molecular flexibility index (Phi) is 9.04. The van der Waals surface area contributed by atoms with Crippen LogP contribution in [0.15, 0.2) is 77.9 Å². The molecule has 0 aromatic heterocycles. The van der Waals surface area contributed by atoms with Crippen molar-refractivity contribution in [2.45, 2.75) is 13.5 Å². The van der Waals surface area contributed by atoms with Gasteiger partial charge in [-0.2, -0.15) is 5.10 Å². The van der Waals surface area contributed by atoms with Crippen LogP contribution in [-0.4, -0.2) is 38.3 Å². The first-order chi connectivity index (χ1) is 16.6. The van der Waals surface area contributed by atoms with Crippen LogP contribution in [0.25, 0.3) is 0 Å². The molecule has 0 spiro atoms. The molecule has 8 heteroatoms. The minimum atomic E-state index is -0.453. The number of carbonyl (C=O) groups is 2. The lowest BCUT2D eigenvalue weighted by Crippen LogP contribution is -2.34. The van der Waals surface area contributed by atoms with Crippen molar-refractivity contribution in [2.24, 2.45) is 5.10 Å². The van der Waals surface area contributed by atoms with Crippen LogP contribution in [0.3, 0.4) is 0 Å². The standard InChI is InChI=1S/C26H27N3O5/c1-3-33-22-12-10-21(11-13-22)26(31)27-17-25(30)29-28-16-20-9-14-23(24(15-20)32-2)34-18-19-7-5-4-6-8-19/h4-16H,3,17-18H2,1-2H3,(H,27,31)(H,29,30)/b28-16-. The highest BCUT2D eigenvalue weighted by Crippen LogP contribution is 2.28. The summed E-state index contributed by atoms with van der Waals surface area (Å²) in [6, 6.07) is 21.8. The minimum Gasteiger partial charge on any atom is -0.494 e. The van der Waals surface area contributed by atoms with E-state index in [4.69, 9.17) is 14.2 Å². The maximum Gasteiger partial charge on any atom is 0.259 e. The van der Waals surface area contributed by atoms with Gasteiger partial charge in [0.05, 0.1) is 26.5 Å². The molecule has 2 N–H and O–H groups in total. The Morgan fingerprint density at radius 2 is 1.71 bits per heavy atom. The first-order valence-corrected chi connectivity index (χ1v) is 10.8. The average Bonchev–Trinajstić information content (AvgIpc) is 2.87. The molecule has 34 heavy (non-hydrogen) atoms. The summed E-state index contributed by atoms with van der Waals surface area (Å²) in [7, 11) is 1.56. The van der Waals surface area contributed by atoms with Gasteiger partial charge in [0.2, 0.25) is 0 Å². The Morgan fingerprint density at radius 1 is 0.941 bits per heavy atom. The van der Waals surface area contributed by atoms with E-state index in [0.29, 0.717) is 41.6 Å². The van der Waals surface area contributed by atoms with Gasteiger partial charge in [-0.15, -0.1) is 0 Å². The number of ether oxygens (including phenoxy) is 3. The molecule has 3 rings (SSSR count). The monoisotopic (exact) mass is 461 g/mol. The molecule has 3 aromatic rings. The number of hydrogen-bond acceptors (Lipinski definition) is 6. The van der Waals surface area contributed by atoms with Crippen LogP contribution in [-0.2, 0) is 11.4 Å². The second-order valence-electron chi connectivity index (χ2n) is 7.12. The van der Waals surface area contributed by atoms with E-state index in [0.717, 1.165) is 5.56 Å². The van der Waals surface area contributed by atoms with Crippen LogP contribution >= 0.6 is 0 Å². The first-order valence-electron chi connectivity index (χ1n) is 10.8. The summed E-state index contributed by atoms with van der Waals surface area (Å²) >= 11 is 0. The van der Waals surface area contributed by atoms with Gasteiger partial charge in [0.25, 0.3) is 11.8 Å². The molecule has 176 valence electrons. The molecule has 0 bridgehead atoms. The predicted octanol–water partition coefficient (Wildman–Crippen LogP) is 3.55. The topological polar surface area (TPSA) is 98.2 Å². The molecule has 0 atom stereocenters. The molecule has 0 aliphatic carbocycles. The van der Waals surface area contributed by atoms with E-state index in [2.05, 4.69) is 15.8 Å². The van der Waals surface area contributed by atoms with Gasteiger partial charge in [0.15, 0.2) is 11.5 Å². The van der Waals surface area contributed by atoms with Gasteiger partial charge in [-0.1, -0.05) is 30.3 Å².